The highest BCUT2D eigenvalue weighted by atomic mass is 15.4. The first-order chi connectivity index (χ1) is 9.65. The Morgan fingerprint density at radius 3 is 2.80 bits per heavy atom. The fourth-order valence-corrected chi connectivity index (χ4v) is 1.83. The van der Waals surface area contributed by atoms with Gasteiger partial charge in [-0.2, -0.15) is 20.1 Å². The number of anilines is 2. The van der Waals surface area contributed by atoms with E-state index in [0.717, 1.165) is 18.9 Å². The van der Waals surface area contributed by atoms with Crippen LogP contribution in [-0.2, 0) is 0 Å². The summed E-state index contributed by atoms with van der Waals surface area (Å²) >= 11 is 0. The standard InChI is InChI=1S/C13H21N7/c1-10(2)6-3-4-7-15-12-17-11(14)18-13(19-12)20-9-5-8-16-20/h5,8-10H,3-4,6-7H2,1-2H3,(H3,14,15,17,18,19). The predicted molar refractivity (Wildman–Crippen MR) is 78.5 cm³/mol. The van der Waals surface area contributed by atoms with Gasteiger partial charge in [0, 0.05) is 18.9 Å². The minimum atomic E-state index is 0.190. The first-order valence-corrected chi connectivity index (χ1v) is 6.90. The average Bonchev–Trinajstić information content (AvgIpc) is 2.91. The van der Waals surface area contributed by atoms with E-state index in [2.05, 4.69) is 39.2 Å². The molecule has 0 amide bonds. The number of rotatable bonds is 7. The van der Waals surface area contributed by atoms with Gasteiger partial charge in [0.15, 0.2) is 0 Å². The van der Waals surface area contributed by atoms with Crippen LogP contribution < -0.4 is 11.1 Å². The van der Waals surface area contributed by atoms with E-state index in [1.54, 1.807) is 23.1 Å². The van der Waals surface area contributed by atoms with Gasteiger partial charge in [-0.15, -0.1) is 0 Å². The van der Waals surface area contributed by atoms with Crippen molar-refractivity contribution in [3.8, 4) is 5.95 Å². The highest BCUT2D eigenvalue weighted by Crippen LogP contribution is 2.08. The zero-order valence-electron chi connectivity index (χ0n) is 12.0. The summed E-state index contributed by atoms with van der Waals surface area (Å²) in [5.74, 6) is 1.85. The Morgan fingerprint density at radius 2 is 2.10 bits per heavy atom. The zero-order chi connectivity index (χ0) is 14.4. The Bertz CT molecular complexity index is 522. The minimum Gasteiger partial charge on any atom is -0.368 e. The molecule has 0 radical (unpaired) electrons. The highest BCUT2D eigenvalue weighted by Gasteiger charge is 2.06. The molecule has 0 aliphatic carbocycles. The summed E-state index contributed by atoms with van der Waals surface area (Å²) in [7, 11) is 0. The third kappa shape index (κ3) is 4.18. The number of nitrogens with zero attached hydrogens (tertiary/aromatic N) is 5. The number of nitrogens with two attached hydrogens (primary N) is 1. The van der Waals surface area contributed by atoms with Crippen LogP contribution in [0.25, 0.3) is 5.95 Å². The van der Waals surface area contributed by atoms with Crippen molar-refractivity contribution in [2.75, 3.05) is 17.6 Å². The highest BCUT2D eigenvalue weighted by molar-refractivity contribution is 5.34. The molecule has 0 bridgehead atoms. The molecule has 0 fully saturated rings. The Labute approximate surface area is 118 Å². The molecule has 108 valence electrons. The molecule has 7 heteroatoms. The normalized spacial score (nSPS) is 10.9. The van der Waals surface area contributed by atoms with Crippen molar-refractivity contribution in [3.63, 3.8) is 0 Å². The predicted octanol–water partition coefficient (Wildman–Crippen LogP) is 1.88. The molecule has 7 nitrogen and oxygen atoms in total. The second-order valence-corrected chi connectivity index (χ2v) is 5.08. The lowest BCUT2D eigenvalue weighted by molar-refractivity contribution is 0.544. The third-order valence-corrected chi connectivity index (χ3v) is 2.84. The molecule has 2 rings (SSSR count). The van der Waals surface area contributed by atoms with Gasteiger partial charge in [-0.05, 0) is 18.4 Å². The Kier molecular flexibility index (Phi) is 4.86. The van der Waals surface area contributed by atoms with Crippen LogP contribution in [0.1, 0.15) is 33.1 Å². The topological polar surface area (TPSA) is 94.5 Å². The van der Waals surface area contributed by atoms with Crippen molar-refractivity contribution in [3.05, 3.63) is 18.5 Å². The molecule has 0 spiro atoms. The van der Waals surface area contributed by atoms with E-state index in [1.807, 2.05) is 0 Å². The summed E-state index contributed by atoms with van der Waals surface area (Å²) in [5, 5.41) is 7.26. The lowest BCUT2D eigenvalue weighted by Gasteiger charge is -2.08. The summed E-state index contributed by atoms with van der Waals surface area (Å²) in [4.78, 5) is 12.4. The fourth-order valence-electron chi connectivity index (χ4n) is 1.83. The van der Waals surface area contributed by atoms with E-state index in [0.29, 0.717) is 11.9 Å². The van der Waals surface area contributed by atoms with Gasteiger partial charge >= 0.3 is 0 Å². The van der Waals surface area contributed by atoms with Gasteiger partial charge in [0.2, 0.25) is 11.9 Å². The molecule has 0 atom stereocenters. The third-order valence-electron chi connectivity index (χ3n) is 2.84. The maximum Gasteiger partial charge on any atom is 0.257 e. The Balaban J connectivity index is 1.92. The van der Waals surface area contributed by atoms with Crippen LogP contribution >= 0.6 is 0 Å². The van der Waals surface area contributed by atoms with E-state index in [1.165, 1.54) is 12.8 Å². The maximum atomic E-state index is 5.69. The van der Waals surface area contributed by atoms with Crippen LogP contribution in [-0.4, -0.2) is 31.3 Å². The van der Waals surface area contributed by atoms with E-state index >= 15 is 0 Å². The summed E-state index contributed by atoms with van der Waals surface area (Å²) in [6, 6.07) is 1.80. The second kappa shape index (κ2) is 6.83. The number of nitrogens with one attached hydrogen (secondary N) is 1. The Hall–Kier alpha value is -2.18. The fraction of sp³-hybridized carbons (Fsp3) is 0.538. The van der Waals surface area contributed by atoms with Gasteiger partial charge in [-0.1, -0.05) is 26.7 Å². The van der Waals surface area contributed by atoms with Crippen molar-refractivity contribution in [1.29, 1.82) is 0 Å². The summed E-state index contributed by atoms with van der Waals surface area (Å²) in [5.41, 5.74) is 5.69. The van der Waals surface area contributed by atoms with E-state index < -0.39 is 0 Å². The van der Waals surface area contributed by atoms with Gasteiger partial charge in [-0.3, -0.25) is 0 Å². The number of aromatic nitrogens is 5. The lowest BCUT2D eigenvalue weighted by Crippen LogP contribution is -2.12. The summed E-state index contributed by atoms with van der Waals surface area (Å²) in [6.45, 7) is 5.29. The van der Waals surface area contributed by atoms with Crippen LogP contribution in [0.4, 0.5) is 11.9 Å². The maximum absolute atomic E-state index is 5.69. The van der Waals surface area contributed by atoms with Crippen LogP contribution in [0.5, 0.6) is 0 Å². The molecular weight excluding hydrogens is 254 g/mol. The number of nitrogen functional groups attached to an aromatic ring is 1. The van der Waals surface area contributed by atoms with E-state index in [4.69, 9.17) is 5.73 Å². The summed E-state index contributed by atoms with van der Waals surface area (Å²) in [6.07, 6.45) is 6.94. The van der Waals surface area contributed by atoms with Crippen molar-refractivity contribution in [1.82, 2.24) is 24.7 Å². The first-order valence-electron chi connectivity index (χ1n) is 6.90. The van der Waals surface area contributed by atoms with Gasteiger partial charge in [0.25, 0.3) is 5.95 Å². The average molecular weight is 275 g/mol. The molecular formula is C13H21N7. The molecule has 0 unspecified atom stereocenters. The molecule has 3 N–H and O–H groups in total. The van der Waals surface area contributed by atoms with E-state index in [9.17, 15) is 0 Å². The van der Waals surface area contributed by atoms with Crippen molar-refractivity contribution >= 4 is 11.9 Å². The molecule has 20 heavy (non-hydrogen) atoms. The van der Waals surface area contributed by atoms with Crippen molar-refractivity contribution in [2.45, 2.75) is 33.1 Å². The van der Waals surface area contributed by atoms with Crippen LogP contribution in [0.15, 0.2) is 18.5 Å². The minimum absolute atomic E-state index is 0.190. The molecule has 0 aromatic carbocycles. The first kappa shape index (κ1) is 14.2. The summed E-state index contributed by atoms with van der Waals surface area (Å²) < 4.78 is 1.56. The molecule has 0 aliphatic rings. The molecule has 2 heterocycles. The smallest absolute Gasteiger partial charge is 0.257 e. The Morgan fingerprint density at radius 1 is 1.25 bits per heavy atom. The number of unbranched alkanes of at least 4 members (excludes halogenated alkanes) is 1. The zero-order valence-corrected chi connectivity index (χ0v) is 12.0. The molecule has 0 aliphatic heterocycles. The second-order valence-electron chi connectivity index (χ2n) is 5.08. The van der Waals surface area contributed by atoms with Gasteiger partial charge in [-0.25, -0.2) is 4.68 Å². The SMILES string of the molecule is CC(C)CCCCNc1nc(N)nc(-n2cccn2)n1. The van der Waals surface area contributed by atoms with Crippen LogP contribution in [0.3, 0.4) is 0 Å². The molecule has 0 saturated carbocycles. The van der Waals surface area contributed by atoms with Crippen molar-refractivity contribution in [2.24, 2.45) is 5.92 Å². The molecule has 2 aromatic rings. The van der Waals surface area contributed by atoms with Gasteiger partial charge in [0.1, 0.15) is 0 Å². The van der Waals surface area contributed by atoms with E-state index in [-0.39, 0.29) is 5.95 Å². The van der Waals surface area contributed by atoms with Crippen LogP contribution in [0.2, 0.25) is 0 Å². The molecule has 2 aromatic heterocycles. The van der Waals surface area contributed by atoms with Crippen LogP contribution in [0, 0.1) is 5.92 Å². The van der Waals surface area contributed by atoms with Gasteiger partial charge in [0.05, 0.1) is 0 Å². The molecule has 0 saturated heterocycles. The van der Waals surface area contributed by atoms with Crippen molar-refractivity contribution < 1.29 is 0 Å². The lowest BCUT2D eigenvalue weighted by atomic mass is 10.1. The monoisotopic (exact) mass is 275 g/mol. The number of hydrogen-bond donors (Lipinski definition) is 2. The van der Waals surface area contributed by atoms with Gasteiger partial charge < -0.3 is 11.1 Å². The quantitative estimate of drug-likeness (QED) is 0.749. The largest absolute Gasteiger partial charge is 0.368 e. The number of hydrogen-bond acceptors (Lipinski definition) is 6.